The number of aryl methyl sites for hydroxylation is 1. The van der Waals surface area contributed by atoms with Gasteiger partial charge in [0, 0.05) is 15.7 Å². The van der Waals surface area contributed by atoms with Gasteiger partial charge in [0.15, 0.2) is 0 Å². The first-order valence-corrected chi connectivity index (χ1v) is 6.91. The Hall–Kier alpha value is -1.36. The Morgan fingerprint density at radius 2 is 1.83 bits per heavy atom. The molecule has 92 valence electrons. The molecule has 0 radical (unpaired) electrons. The van der Waals surface area contributed by atoms with Gasteiger partial charge in [-0.15, -0.1) is 0 Å². The van der Waals surface area contributed by atoms with E-state index < -0.39 is 0 Å². The van der Waals surface area contributed by atoms with Crippen LogP contribution in [0.15, 0.2) is 54.6 Å². The fraction of sp³-hybridized carbons (Fsp3) is 0.133. The van der Waals surface area contributed by atoms with Gasteiger partial charge < -0.3 is 5.32 Å². The van der Waals surface area contributed by atoms with Crippen LogP contribution in [0.5, 0.6) is 0 Å². The molecule has 0 unspecified atom stereocenters. The Balaban J connectivity index is 1.85. The highest BCUT2D eigenvalue weighted by molar-refractivity contribution is 14.1. The van der Waals surface area contributed by atoms with Crippen molar-refractivity contribution in [3.63, 3.8) is 0 Å². The molecule has 0 aliphatic carbocycles. The maximum Gasteiger partial charge on any atom is 0.224 e. The van der Waals surface area contributed by atoms with Crippen LogP contribution in [0.2, 0.25) is 0 Å². The number of nitrogens with one attached hydrogen (secondary N) is 1. The smallest absolute Gasteiger partial charge is 0.224 e. The van der Waals surface area contributed by atoms with E-state index in [1.807, 2.05) is 42.5 Å². The van der Waals surface area contributed by atoms with Gasteiger partial charge in [0.1, 0.15) is 0 Å². The minimum absolute atomic E-state index is 0.0556. The number of hydrogen-bond acceptors (Lipinski definition) is 1. The number of carbonyl (C=O) groups excluding carboxylic acids is 1. The topological polar surface area (TPSA) is 29.1 Å². The quantitative estimate of drug-likeness (QED) is 0.833. The molecule has 1 amide bonds. The molecule has 18 heavy (non-hydrogen) atoms. The van der Waals surface area contributed by atoms with Crippen LogP contribution in [0.1, 0.15) is 12.0 Å². The molecule has 0 heterocycles. The molecule has 2 rings (SSSR count). The van der Waals surface area contributed by atoms with Crippen LogP contribution in [0.25, 0.3) is 0 Å². The number of rotatable bonds is 4. The number of carbonyl (C=O) groups is 1. The van der Waals surface area contributed by atoms with Crippen LogP contribution in [0, 0.1) is 3.57 Å². The lowest BCUT2D eigenvalue weighted by Gasteiger charge is -2.05. The van der Waals surface area contributed by atoms with Gasteiger partial charge in [-0.2, -0.15) is 0 Å². The van der Waals surface area contributed by atoms with Crippen LogP contribution in [0.4, 0.5) is 5.69 Å². The van der Waals surface area contributed by atoms with E-state index >= 15 is 0 Å². The maximum atomic E-state index is 11.8. The first-order chi connectivity index (χ1) is 8.74. The zero-order valence-corrected chi connectivity index (χ0v) is 12.1. The third-order valence-corrected chi connectivity index (χ3v) is 3.26. The molecule has 1 N–H and O–H groups in total. The van der Waals surface area contributed by atoms with Gasteiger partial charge >= 0.3 is 0 Å². The van der Waals surface area contributed by atoms with Gasteiger partial charge in [0.25, 0.3) is 0 Å². The molecule has 2 nitrogen and oxygen atoms in total. The number of hydrogen-bond donors (Lipinski definition) is 1. The predicted molar refractivity (Wildman–Crippen MR) is 82.6 cm³/mol. The maximum absolute atomic E-state index is 11.8. The summed E-state index contributed by atoms with van der Waals surface area (Å²) >= 11 is 2.28. The Morgan fingerprint density at radius 1 is 1.06 bits per heavy atom. The van der Waals surface area contributed by atoms with E-state index in [4.69, 9.17) is 0 Å². The zero-order chi connectivity index (χ0) is 12.8. The molecule has 0 spiro atoms. The summed E-state index contributed by atoms with van der Waals surface area (Å²) in [5, 5.41) is 2.89. The van der Waals surface area contributed by atoms with Crippen LogP contribution in [-0.4, -0.2) is 5.91 Å². The van der Waals surface area contributed by atoms with Crippen LogP contribution < -0.4 is 5.32 Å². The first kappa shape index (κ1) is 13.1. The van der Waals surface area contributed by atoms with Crippen molar-refractivity contribution in [2.45, 2.75) is 12.8 Å². The van der Waals surface area contributed by atoms with Gasteiger partial charge in [0.2, 0.25) is 5.91 Å². The highest BCUT2D eigenvalue weighted by atomic mass is 127. The standard InChI is InChI=1S/C15H14INO/c16-13-6-4-5-12(11-13)9-10-15(18)17-14-7-2-1-3-8-14/h1-8,11H,9-10H2,(H,17,18). The summed E-state index contributed by atoms with van der Waals surface area (Å²) in [6.07, 6.45) is 1.28. The highest BCUT2D eigenvalue weighted by Gasteiger charge is 2.03. The number of anilines is 1. The molecule has 2 aromatic rings. The van der Waals surface area contributed by atoms with Crippen LogP contribution in [0.3, 0.4) is 0 Å². The Morgan fingerprint density at radius 3 is 2.56 bits per heavy atom. The molecule has 0 saturated carbocycles. The van der Waals surface area contributed by atoms with E-state index in [1.54, 1.807) is 0 Å². The number of amides is 1. The molecule has 0 aliphatic rings. The van der Waals surface area contributed by atoms with Crippen LogP contribution >= 0.6 is 22.6 Å². The third-order valence-electron chi connectivity index (χ3n) is 2.59. The number of para-hydroxylation sites is 1. The summed E-state index contributed by atoms with van der Waals surface area (Å²) in [5.74, 6) is 0.0556. The predicted octanol–water partition coefficient (Wildman–Crippen LogP) is 3.86. The molecule has 0 saturated heterocycles. The van der Waals surface area contributed by atoms with Crippen molar-refractivity contribution in [3.8, 4) is 0 Å². The van der Waals surface area contributed by atoms with Gasteiger partial charge in [0.05, 0.1) is 0 Å². The normalized spacial score (nSPS) is 10.1. The van der Waals surface area contributed by atoms with Gasteiger partial charge in [-0.3, -0.25) is 4.79 Å². The molecule has 2 aromatic carbocycles. The molecular formula is C15H14INO. The van der Waals surface area contributed by atoms with E-state index in [0.29, 0.717) is 6.42 Å². The van der Waals surface area contributed by atoms with Gasteiger partial charge in [-0.1, -0.05) is 30.3 Å². The summed E-state index contributed by atoms with van der Waals surface area (Å²) in [4.78, 5) is 11.8. The molecule has 0 atom stereocenters. The van der Waals surface area contributed by atoms with E-state index in [1.165, 1.54) is 9.13 Å². The second-order valence-electron chi connectivity index (χ2n) is 4.04. The fourth-order valence-corrected chi connectivity index (χ4v) is 2.30. The average molecular weight is 351 g/mol. The van der Waals surface area contributed by atoms with Crippen molar-refractivity contribution in [2.24, 2.45) is 0 Å². The Labute approximate surface area is 121 Å². The number of halogens is 1. The minimum Gasteiger partial charge on any atom is -0.326 e. The summed E-state index contributed by atoms with van der Waals surface area (Å²) in [6, 6.07) is 17.8. The Bertz CT molecular complexity index is 525. The second kappa shape index (κ2) is 6.54. The van der Waals surface area contributed by atoms with E-state index in [9.17, 15) is 4.79 Å². The second-order valence-corrected chi connectivity index (χ2v) is 5.29. The summed E-state index contributed by atoms with van der Waals surface area (Å²) in [5.41, 5.74) is 2.05. The molecule has 0 fully saturated rings. The summed E-state index contributed by atoms with van der Waals surface area (Å²) < 4.78 is 1.20. The van der Waals surface area contributed by atoms with Crippen molar-refractivity contribution >= 4 is 34.2 Å². The van der Waals surface area contributed by atoms with E-state index in [2.05, 4.69) is 40.0 Å². The molecule has 3 heteroatoms. The van der Waals surface area contributed by atoms with Crippen molar-refractivity contribution < 1.29 is 4.79 Å². The summed E-state index contributed by atoms with van der Waals surface area (Å²) in [7, 11) is 0. The molecule has 0 aromatic heterocycles. The summed E-state index contributed by atoms with van der Waals surface area (Å²) in [6.45, 7) is 0. The third kappa shape index (κ3) is 4.14. The van der Waals surface area contributed by atoms with Gasteiger partial charge in [-0.05, 0) is 58.8 Å². The van der Waals surface area contributed by atoms with Gasteiger partial charge in [-0.25, -0.2) is 0 Å². The van der Waals surface area contributed by atoms with E-state index in [-0.39, 0.29) is 5.91 Å². The SMILES string of the molecule is O=C(CCc1cccc(I)c1)Nc1ccccc1. The lowest BCUT2D eigenvalue weighted by atomic mass is 10.1. The first-order valence-electron chi connectivity index (χ1n) is 5.83. The largest absolute Gasteiger partial charge is 0.326 e. The molecule has 0 bridgehead atoms. The van der Waals surface area contributed by atoms with Crippen molar-refractivity contribution in [1.82, 2.24) is 0 Å². The highest BCUT2D eigenvalue weighted by Crippen LogP contribution is 2.11. The lowest BCUT2D eigenvalue weighted by Crippen LogP contribution is -2.12. The monoisotopic (exact) mass is 351 g/mol. The molecular weight excluding hydrogens is 337 g/mol. The lowest BCUT2D eigenvalue weighted by molar-refractivity contribution is -0.116. The zero-order valence-electron chi connectivity index (χ0n) is 9.90. The average Bonchev–Trinajstić information content (AvgIpc) is 2.38. The van der Waals surface area contributed by atoms with E-state index in [0.717, 1.165) is 12.1 Å². The fourth-order valence-electron chi connectivity index (χ4n) is 1.70. The van der Waals surface area contributed by atoms with Crippen molar-refractivity contribution in [1.29, 1.82) is 0 Å². The van der Waals surface area contributed by atoms with Crippen LogP contribution in [-0.2, 0) is 11.2 Å². The molecule has 0 aliphatic heterocycles. The van der Waals surface area contributed by atoms with Crippen molar-refractivity contribution in [3.05, 3.63) is 63.7 Å². The number of benzene rings is 2. The minimum atomic E-state index is 0.0556. The van der Waals surface area contributed by atoms with Crippen molar-refractivity contribution in [2.75, 3.05) is 5.32 Å². The Kier molecular flexibility index (Phi) is 4.75.